The number of rotatable bonds is 3. The van der Waals surface area contributed by atoms with Crippen molar-refractivity contribution >= 4 is 17.7 Å². The van der Waals surface area contributed by atoms with Crippen molar-refractivity contribution in [1.29, 1.82) is 0 Å². The van der Waals surface area contributed by atoms with E-state index in [0.29, 0.717) is 6.42 Å². The Morgan fingerprint density at radius 3 is 2.62 bits per heavy atom. The Kier molecular flexibility index (Phi) is 5.18. The third-order valence-corrected chi connectivity index (χ3v) is 9.84. The summed E-state index contributed by atoms with van der Waals surface area (Å²) in [4.78, 5) is 39.1. The molecule has 3 aliphatic carbocycles. The molecule has 1 aromatic rings. The molecule has 1 unspecified atom stereocenters. The van der Waals surface area contributed by atoms with E-state index in [-0.39, 0.29) is 42.4 Å². The zero-order valence-corrected chi connectivity index (χ0v) is 20.6. The van der Waals surface area contributed by atoms with Crippen molar-refractivity contribution in [2.24, 2.45) is 34.0 Å². The Morgan fingerprint density at radius 1 is 1.24 bits per heavy atom. The molecule has 5 rings (SSSR count). The van der Waals surface area contributed by atoms with Crippen molar-refractivity contribution in [3.05, 3.63) is 35.3 Å². The molecule has 7 nitrogen and oxygen atoms in total. The minimum atomic E-state index is -0.884. The van der Waals surface area contributed by atoms with Gasteiger partial charge in [0.2, 0.25) is 0 Å². The normalized spacial score (nSPS) is 40.8. The molecule has 1 aromatic heterocycles. The van der Waals surface area contributed by atoms with Crippen LogP contribution in [0.15, 0.2) is 34.2 Å². The lowest BCUT2D eigenvalue weighted by Crippen LogP contribution is -2.66. The molecule has 4 aliphatic rings. The summed E-state index contributed by atoms with van der Waals surface area (Å²) >= 11 is 0. The van der Waals surface area contributed by atoms with E-state index < -0.39 is 34.4 Å². The fraction of sp³-hybridized carbons (Fsp3) is 0.667. The van der Waals surface area contributed by atoms with Crippen LogP contribution in [0.2, 0.25) is 0 Å². The number of furan rings is 1. The highest BCUT2D eigenvalue weighted by molar-refractivity contribution is 5.92. The summed E-state index contributed by atoms with van der Waals surface area (Å²) in [5.41, 5.74) is 1.11. The molecule has 0 spiro atoms. The molecule has 1 saturated heterocycles. The minimum absolute atomic E-state index is 0.0379. The fourth-order valence-corrected chi connectivity index (χ4v) is 7.98. The molecule has 7 atom stereocenters. The van der Waals surface area contributed by atoms with Crippen molar-refractivity contribution in [3.8, 4) is 0 Å². The number of aliphatic hydroxyl groups excluding tert-OH is 1. The SMILES string of the molecule is COC(=O)C[C@H]1C(C)(C)[C@H](O)C2CC3=C4CC(=O)O[C@@H](c5ccoc5)[C@]4(C)CC[C@@H]3[C@@]1(C)C2=O. The lowest BCUT2D eigenvalue weighted by Gasteiger charge is -2.63. The lowest BCUT2D eigenvalue weighted by atomic mass is 9.40. The lowest BCUT2D eigenvalue weighted by molar-refractivity contribution is -0.186. The predicted molar refractivity (Wildman–Crippen MR) is 121 cm³/mol. The number of ketones is 1. The monoisotopic (exact) mass is 470 g/mol. The van der Waals surface area contributed by atoms with E-state index in [2.05, 4.69) is 6.92 Å². The summed E-state index contributed by atoms with van der Waals surface area (Å²) in [7, 11) is 1.35. The van der Waals surface area contributed by atoms with Crippen LogP contribution >= 0.6 is 0 Å². The first kappa shape index (κ1) is 23.3. The quantitative estimate of drug-likeness (QED) is 0.523. The van der Waals surface area contributed by atoms with Gasteiger partial charge in [-0.15, -0.1) is 0 Å². The Labute approximate surface area is 199 Å². The van der Waals surface area contributed by atoms with Gasteiger partial charge in [-0.3, -0.25) is 14.4 Å². The van der Waals surface area contributed by atoms with Gasteiger partial charge in [0.15, 0.2) is 0 Å². The van der Waals surface area contributed by atoms with Crippen LogP contribution in [0.4, 0.5) is 0 Å². The van der Waals surface area contributed by atoms with E-state index in [1.54, 1.807) is 12.5 Å². The van der Waals surface area contributed by atoms with Crippen LogP contribution in [0.3, 0.4) is 0 Å². The van der Waals surface area contributed by atoms with Gasteiger partial charge in [0.25, 0.3) is 0 Å². The maximum absolute atomic E-state index is 13.9. The number of esters is 2. The third-order valence-electron chi connectivity index (χ3n) is 9.84. The molecular weight excluding hydrogens is 436 g/mol. The number of methoxy groups -OCH3 is 1. The van der Waals surface area contributed by atoms with Gasteiger partial charge in [0.05, 0.1) is 32.2 Å². The average Bonchev–Trinajstić information content (AvgIpc) is 3.32. The maximum atomic E-state index is 13.9. The van der Waals surface area contributed by atoms with E-state index in [0.717, 1.165) is 29.6 Å². The maximum Gasteiger partial charge on any atom is 0.310 e. The predicted octanol–water partition coefficient (Wildman–Crippen LogP) is 4.16. The smallest absolute Gasteiger partial charge is 0.310 e. The van der Waals surface area contributed by atoms with E-state index >= 15 is 0 Å². The molecule has 0 radical (unpaired) electrons. The standard InChI is InChI=1S/C27H34O7/c1-25(2)19(12-20(28)32-5)27(4)17-6-8-26(3)18(15(17)10-16(22(25)30)23(27)31)11-21(29)34-24(26)14-7-9-33-13-14/h7,9,13,16-17,19,22,24,30H,6,8,10-12H2,1-5H3/t16?,17-,19-,22+,24-,26+,27+/m0/s1. The highest BCUT2D eigenvalue weighted by Crippen LogP contribution is 2.67. The van der Waals surface area contributed by atoms with Crippen LogP contribution in [0.5, 0.6) is 0 Å². The summed E-state index contributed by atoms with van der Waals surface area (Å²) < 4.78 is 16.1. The first-order chi connectivity index (χ1) is 16.0. The van der Waals surface area contributed by atoms with Gasteiger partial charge in [-0.25, -0.2) is 0 Å². The van der Waals surface area contributed by atoms with Gasteiger partial charge in [-0.1, -0.05) is 33.3 Å². The topological polar surface area (TPSA) is 103 Å². The minimum Gasteiger partial charge on any atom is -0.472 e. The van der Waals surface area contributed by atoms with Crippen LogP contribution in [0.25, 0.3) is 0 Å². The second-order valence-corrected chi connectivity index (χ2v) is 11.7. The van der Waals surface area contributed by atoms with Crippen molar-refractivity contribution in [1.82, 2.24) is 0 Å². The second-order valence-electron chi connectivity index (χ2n) is 11.7. The number of ether oxygens (including phenoxy) is 2. The molecule has 184 valence electrons. The van der Waals surface area contributed by atoms with Crippen LogP contribution < -0.4 is 0 Å². The van der Waals surface area contributed by atoms with Crippen LogP contribution in [-0.2, 0) is 23.9 Å². The number of aliphatic hydroxyl groups is 1. The van der Waals surface area contributed by atoms with Gasteiger partial charge in [0.1, 0.15) is 11.9 Å². The van der Waals surface area contributed by atoms with E-state index in [9.17, 15) is 19.5 Å². The zero-order chi connectivity index (χ0) is 24.6. The van der Waals surface area contributed by atoms with Crippen molar-refractivity contribution < 1.29 is 33.4 Å². The summed E-state index contributed by atoms with van der Waals surface area (Å²) in [6, 6.07) is 1.84. The number of Topliss-reactive ketones (excluding diaryl/α,β-unsaturated/α-hetero) is 1. The number of hydrogen-bond acceptors (Lipinski definition) is 7. The molecule has 3 fully saturated rings. The molecule has 2 saturated carbocycles. The Morgan fingerprint density at radius 2 is 1.97 bits per heavy atom. The van der Waals surface area contributed by atoms with Gasteiger partial charge in [-0.05, 0) is 48.2 Å². The molecule has 1 N–H and O–H groups in total. The highest BCUT2D eigenvalue weighted by atomic mass is 16.5. The van der Waals surface area contributed by atoms with E-state index in [1.807, 2.05) is 26.8 Å². The first-order valence-electron chi connectivity index (χ1n) is 12.2. The number of carbonyl (C=O) groups is 3. The summed E-state index contributed by atoms with van der Waals surface area (Å²) in [5, 5.41) is 11.4. The number of carbonyl (C=O) groups excluding carboxylic acids is 3. The number of fused-ring (bicyclic) bond motifs is 5. The van der Waals surface area contributed by atoms with Gasteiger partial charge in [-0.2, -0.15) is 0 Å². The zero-order valence-electron chi connectivity index (χ0n) is 20.6. The summed E-state index contributed by atoms with van der Waals surface area (Å²) in [6.45, 7) is 8.03. The largest absolute Gasteiger partial charge is 0.472 e. The van der Waals surface area contributed by atoms with Gasteiger partial charge < -0.3 is 19.0 Å². The van der Waals surface area contributed by atoms with Gasteiger partial charge >= 0.3 is 11.9 Å². The Balaban J connectivity index is 1.67. The molecule has 0 amide bonds. The molecule has 7 heteroatoms. The summed E-state index contributed by atoms with van der Waals surface area (Å²) in [5.74, 6) is -1.64. The molecule has 34 heavy (non-hydrogen) atoms. The fourth-order valence-electron chi connectivity index (χ4n) is 7.98. The highest BCUT2D eigenvalue weighted by Gasteiger charge is 2.67. The third kappa shape index (κ3) is 2.95. The first-order valence-corrected chi connectivity index (χ1v) is 12.2. The van der Waals surface area contributed by atoms with Crippen LogP contribution in [0.1, 0.15) is 71.5 Å². The molecule has 2 heterocycles. The van der Waals surface area contributed by atoms with Crippen molar-refractivity contribution in [3.63, 3.8) is 0 Å². The Hall–Kier alpha value is -2.41. The molecule has 1 aliphatic heterocycles. The van der Waals surface area contributed by atoms with Crippen molar-refractivity contribution in [2.45, 2.75) is 72.0 Å². The van der Waals surface area contributed by atoms with E-state index in [1.165, 1.54) is 7.11 Å². The molecule has 0 aromatic carbocycles. The van der Waals surface area contributed by atoms with Crippen LogP contribution in [0, 0.1) is 34.0 Å². The second kappa shape index (κ2) is 7.54. The van der Waals surface area contributed by atoms with Crippen molar-refractivity contribution in [2.75, 3.05) is 7.11 Å². The number of allylic oxidation sites excluding steroid dienone is 1. The summed E-state index contributed by atoms with van der Waals surface area (Å²) in [6.07, 6.45) is 4.09. The molecular formula is C27H34O7. The van der Waals surface area contributed by atoms with E-state index in [4.69, 9.17) is 13.9 Å². The Bertz CT molecular complexity index is 1070. The molecule has 2 bridgehead atoms. The number of hydrogen-bond donors (Lipinski definition) is 1. The van der Waals surface area contributed by atoms with Crippen LogP contribution in [-0.4, -0.2) is 36.0 Å². The van der Waals surface area contributed by atoms with Gasteiger partial charge in [0, 0.05) is 28.7 Å². The number of cyclic esters (lactones) is 1. The average molecular weight is 471 g/mol.